The van der Waals surface area contributed by atoms with Crippen molar-refractivity contribution in [3.05, 3.63) is 28.8 Å². The number of rotatable bonds is 2. The molecule has 1 aromatic carbocycles. The number of nitrogens with two attached hydrogens (primary N) is 1. The van der Waals surface area contributed by atoms with E-state index in [1.54, 1.807) is 0 Å². The molecular formula is C8H8ClF2NO. The van der Waals surface area contributed by atoms with Crippen LogP contribution in [0.25, 0.3) is 0 Å². The largest absolute Gasteiger partial charge is 0.506 e. The van der Waals surface area contributed by atoms with Crippen molar-refractivity contribution in [3.8, 4) is 5.75 Å². The van der Waals surface area contributed by atoms with Crippen molar-refractivity contribution in [2.24, 2.45) is 5.73 Å². The zero-order valence-electron chi connectivity index (χ0n) is 6.55. The molecule has 2 nitrogen and oxygen atoms in total. The maximum atomic E-state index is 12.1. The predicted molar refractivity (Wildman–Crippen MR) is 46.0 cm³/mol. The van der Waals surface area contributed by atoms with Crippen molar-refractivity contribution >= 4 is 11.6 Å². The Morgan fingerprint density at radius 2 is 2.00 bits per heavy atom. The van der Waals surface area contributed by atoms with Gasteiger partial charge in [0.1, 0.15) is 5.75 Å². The van der Waals surface area contributed by atoms with Gasteiger partial charge in [0.2, 0.25) is 0 Å². The van der Waals surface area contributed by atoms with E-state index in [0.29, 0.717) is 0 Å². The third-order valence-electron chi connectivity index (χ3n) is 1.63. The highest BCUT2D eigenvalue weighted by Crippen LogP contribution is 2.27. The first-order chi connectivity index (χ1) is 6.02. The number of hydrogen-bond donors (Lipinski definition) is 2. The standard InChI is InChI=1S/C8H8ClF2NO/c9-5-3-4(1-2-6(5)13)7(12)8(10)11/h1-3,7-8,13H,12H2/t7-/m1/s1. The molecule has 1 rings (SSSR count). The van der Waals surface area contributed by atoms with Crippen LogP contribution in [0.5, 0.6) is 5.75 Å². The van der Waals surface area contributed by atoms with Crippen molar-refractivity contribution in [2.75, 3.05) is 0 Å². The van der Waals surface area contributed by atoms with Crippen LogP contribution in [0.3, 0.4) is 0 Å². The lowest BCUT2D eigenvalue weighted by Crippen LogP contribution is -2.18. The summed E-state index contributed by atoms with van der Waals surface area (Å²) < 4.78 is 24.2. The Morgan fingerprint density at radius 1 is 1.38 bits per heavy atom. The Balaban J connectivity index is 2.97. The van der Waals surface area contributed by atoms with Crippen LogP contribution in [0.15, 0.2) is 18.2 Å². The van der Waals surface area contributed by atoms with E-state index < -0.39 is 12.5 Å². The van der Waals surface area contributed by atoms with E-state index in [9.17, 15) is 8.78 Å². The summed E-state index contributed by atoms with van der Waals surface area (Å²) in [6, 6.07) is 2.42. The van der Waals surface area contributed by atoms with Gasteiger partial charge < -0.3 is 10.8 Å². The lowest BCUT2D eigenvalue weighted by Gasteiger charge is -2.10. The average molecular weight is 208 g/mol. The van der Waals surface area contributed by atoms with Crippen LogP contribution in [-0.4, -0.2) is 11.5 Å². The lowest BCUT2D eigenvalue weighted by molar-refractivity contribution is 0.116. The third kappa shape index (κ3) is 2.29. The molecule has 0 heterocycles. The zero-order valence-corrected chi connectivity index (χ0v) is 7.30. The molecule has 72 valence electrons. The summed E-state index contributed by atoms with van der Waals surface area (Å²) >= 11 is 5.51. The quantitative estimate of drug-likeness (QED) is 0.782. The van der Waals surface area contributed by atoms with Gasteiger partial charge in [-0.15, -0.1) is 0 Å². The molecule has 0 aliphatic rings. The molecule has 3 N–H and O–H groups in total. The first-order valence-corrected chi connectivity index (χ1v) is 3.92. The summed E-state index contributed by atoms with van der Waals surface area (Å²) in [5.74, 6) is -0.146. The zero-order chi connectivity index (χ0) is 10.0. The summed E-state index contributed by atoms with van der Waals surface area (Å²) in [4.78, 5) is 0. The molecule has 0 radical (unpaired) electrons. The first-order valence-electron chi connectivity index (χ1n) is 3.54. The van der Waals surface area contributed by atoms with Crippen molar-refractivity contribution in [1.82, 2.24) is 0 Å². The molecule has 1 aromatic rings. The van der Waals surface area contributed by atoms with Gasteiger partial charge in [-0.3, -0.25) is 0 Å². The third-order valence-corrected chi connectivity index (χ3v) is 1.93. The van der Waals surface area contributed by atoms with Gasteiger partial charge in [0, 0.05) is 0 Å². The molecular weight excluding hydrogens is 200 g/mol. The van der Waals surface area contributed by atoms with Gasteiger partial charge in [0.05, 0.1) is 11.1 Å². The van der Waals surface area contributed by atoms with Gasteiger partial charge in [-0.1, -0.05) is 17.7 Å². The fourth-order valence-electron chi connectivity index (χ4n) is 0.876. The van der Waals surface area contributed by atoms with Crippen LogP contribution in [0.2, 0.25) is 5.02 Å². The Kier molecular flexibility index (Phi) is 3.06. The van der Waals surface area contributed by atoms with Gasteiger partial charge in [0.15, 0.2) is 0 Å². The van der Waals surface area contributed by atoms with Crippen molar-refractivity contribution < 1.29 is 13.9 Å². The second kappa shape index (κ2) is 3.89. The molecule has 13 heavy (non-hydrogen) atoms. The Labute approximate surface area is 78.9 Å². The summed E-state index contributed by atoms with van der Waals surface area (Å²) in [7, 11) is 0. The van der Waals surface area contributed by atoms with Gasteiger partial charge in [0.25, 0.3) is 6.43 Å². The van der Waals surface area contributed by atoms with Crippen LogP contribution in [0.1, 0.15) is 11.6 Å². The smallest absolute Gasteiger partial charge is 0.257 e. The Morgan fingerprint density at radius 3 is 2.46 bits per heavy atom. The minimum atomic E-state index is -2.64. The number of hydrogen-bond acceptors (Lipinski definition) is 2. The van der Waals surface area contributed by atoms with E-state index in [-0.39, 0.29) is 16.3 Å². The minimum absolute atomic E-state index is 0.0219. The van der Waals surface area contributed by atoms with Crippen LogP contribution in [0, 0.1) is 0 Å². The number of benzene rings is 1. The molecule has 0 aliphatic heterocycles. The van der Waals surface area contributed by atoms with Crippen LogP contribution in [-0.2, 0) is 0 Å². The number of halogens is 3. The highest BCUT2D eigenvalue weighted by Gasteiger charge is 2.17. The summed E-state index contributed by atoms with van der Waals surface area (Å²) in [5, 5.41) is 9.03. The van der Waals surface area contributed by atoms with Gasteiger partial charge >= 0.3 is 0 Å². The molecule has 0 saturated heterocycles. The van der Waals surface area contributed by atoms with Gasteiger partial charge in [-0.2, -0.15) is 0 Å². The topological polar surface area (TPSA) is 46.2 Å². The molecule has 0 spiro atoms. The van der Waals surface area contributed by atoms with E-state index in [0.717, 1.165) is 0 Å². The monoisotopic (exact) mass is 207 g/mol. The second-order valence-electron chi connectivity index (χ2n) is 2.57. The average Bonchev–Trinajstić information content (AvgIpc) is 2.08. The van der Waals surface area contributed by atoms with Crippen molar-refractivity contribution in [2.45, 2.75) is 12.5 Å². The first kappa shape index (κ1) is 10.2. The maximum absolute atomic E-state index is 12.1. The fourth-order valence-corrected chi connectivity index (χ4v) is 1.06. The van der Waals surface area contributed by atoms with E-state index >= 15 is 0 Å². The fraction of sp³-hybridized carbons (Fsp3) is 0.250. The summed E-state index contributed by atoms with van der Waals surface area (Å²) in [5.41, 5.74) is 5.37. The van der Waals surface area contributed by atoms with E-state index in [1.165, 1.54) is 18.2 Å². The van der Waals surface area contributed by atoms with E-state index in [2.05, 4.69) is 0 Å². The number of phenolic OH excluding ortho intramolecular Hbond substituents is 1. The van der Waals surface area contributed by atoms with E-state index in [1.807, 2.05) is 0 Å². The van der Waals surface area contributed by atoms with Crippen molar-refractivity contribution in [3.63, 3.8) is 0 Å². The molecule has 0 amide bonds. The lowest BCUT2D eigenvalue weighted by atomic mass is 10.1. The highest BCUT2D eigenvalue weighted by molar-refractivity contribution is 6.32. The van der Waals surface area contributed by atoms with Crippen LogP contribution in [0.4, 0.5) is 8.78 Å². The number of alkyl halides is 2. The van der Waals surface area contributed by atoms with Gasteiger partial charge in [-0.05, 0) is 17.7 Å². The second-order valence-corrected chi connectivity index (χ2v) is 2.98. The minimum Gasteiger partial charge on any atom is -0.506 e. The maximum Gasteiger partial charge on any atom is 0.257 e. The highest BCUT2D eigenvalue weighted by atomic mass is 35.5. The molecule has 0 aromatic heterocycles. The molecule has 5 heteroatoms. The predicted octanol–water partition coefficient (Wildman–Crippen LogP) is 2.31. The normalized spacial score (nSPS) is 13.3. The van der Waals surface area contributed by atoms with Crippen molar-refractivity contribution in [1.29, 1.82) is 0 Å². The molecule has 0 unspecified atom stereocenters. The molecule has 0 fully saturated rings. The number of aromatic hydroxyl groups is 1. The molecule has 0 aliphatic carbocycles. The summed E-state index contributed by atoms with van der Waals surface area (Å²) in [6.07, 6.45) is -2.64. The van der Waals surface area contributed by atoms with E-state index in [4.69, 9.17) is 22.4 Å². The number of phenols is 1. The Bertz CT molecular complexity index is 306. The van der Waals surface area contributed by atoms with Gasteiger partial charge in [-0.25, -0.2) is 8.78 Å². The SMILES string of the molecule is N[C@H](c1ccc(O)c(Cl)c1)C(F)F. The molecule has 1 atom stereocenters. The molecule has 0 saturated carbocycles. The Hall–Kier alpha value is -0.870. The summed E-state index contributed by atoms with van der Waals surface area (Å²) in [6.45, 7) is 0. The van der Waals surface area contributed by atoms with Crippen LogP contribution >= 0.6 is 11.6 Å². The molecule has 0 bridgehead atoms. The van der Waals surface area contributed by atoms with Crippen LogP contribution < -0.4 is 5.73 Å².